The Hall–Kier alpha value is -0.660. The van der Waals surface area contributed by atoms with Crippen LogP contribution in [0.25, 0.3) is 0 Å². The highest BCUT2D eigenvalue weighted by Gasteiger charge is 2.28. The molecule has 18 heavy (non-hydrogen) atoms. The third-order valence-electron chi connectivity index (χ3n) is 2.70. The molecule has 0 bridgehead atoms. The fourth-order valence-electron chi connectivity index (χ4n) is 1.30. The SMILES string of the molecule is CCC(N)CS(=O)(=O)C(C)C(=O)NCCCOC. The van der Waals surface area contributed by atoms with E-state index in [0.29, 0.717) is 26.0 Å². The average molecular weight is 280 g/mol. The van der Waals surface area contributed by atoms with Gasteiger partial charge in [0.05, 0.1) is 5.75 Å². The molecule has 3 N–H and O–H groups in total. The largest absolute Gasteiger partial charge is 0.385 e. The summed E-state index contributed by atoms with van der Waals surface area (Å²) in [6.07, 6.45) is 1.23. The Morgan fingerprint density at radius 1 is 1.44 bits per heavy atom. The van der Waals surface area contributed by atoms with Crippen molar-refractivity contribution < 1.29 is 17.9 Å². The molecule has 0 saturated heterocycles. The Morgan fingerprint density at radius 3 is 2.56 bits per heavy atom. The molecule has 108 valence electrons. The van der Waals surface area contributed by atoms with E-state index in [-0.39, 0.29) is 5.75 Å². The number of ether oxygens (including phenoxy) is 1. The predicted octanol–water partition coefficient (Wildman–Crippen LogP) is -0.320. The van der Waals surface area contributed by atoms with Gasteiger partial charge in [-0.3, -0.25) is 4.79 Å². The molecule has 0 aromatic carbocycles. The first kappa shape index (κ1) is 17.3. The van der Waals surface area contributed by atoms with Crippen molar-refractivity contribution in [2.75, 3.05) is 26.0 Å². The van der Waals surface area contributed by atoms with Crippen LogP contribution >= 0.6 is 0 Å². The van der Waals surface area contributed by atoms with Crippen molar-refractivity contribution in [3.63, 3.8) is 0 Å². The Bertz CT molecular complexity index is 343. The van der Waals surface area contributed by atoms with Crippen LogP contribution in [0.5, 0.6) is 0 Å². The van der Waals surface area contributed by atoms with Gasteiger partial charge in [-0.2, -0.15) is 0 Å². The monoisotopic (exact) mass is 280 g/mol. The average Bonchev–Trinajstić information content (AvgIpc) is 2.32. The minimum atomic E-state index is -3.48. The summed E-state index contributed by atoms with van der Waals surface area (Å²) in [5.41, 5.74) is 5.61. The number of sulfone groups is 1. The smallest absolute Gasteiger partial charge is 0.238 e. The second kappa shape index (κ2) is 8.44. The lowest BCUT2D eigenvalue weighted by Gasteiger charge is -2.15. The fraction of sp³-hybridized carbons (Fsp3) is 0.909. The molecular formula is C11H24N2O4S. The van der Waals surface area contributed by atoms with Crippen molar-refractivity contribution >= 4 is 15.7 Å². The minimum Gasteiger partial charge on any atom is -0.385 e. The third-order valence-corrected chi connectivity index (χ3v) is 4.89. The molecule has 6 nitrogen and oxygen atoms in total. The number of hydrogen-bond donors (Lipinski definition) is 2. The number of hydrogen-bond acceptors (Lipinski definition) is 5. The van der Waals surface area contributed by atoms with Crippen LogP contribution in [0.1, 0.15) is 26.7 Å². The van der Waals surface area contributed by atoms with E-state index in [1.807, 2.05) is 6.92 Å². The molecule has 0 fully saturated rings. The fourth-order valence-corrected chi connectivity index (χ4v) is 2.83. The van der Waals surface area contributed by atoms with Crippen molar-refractivity contribution in [3.05, 3.63) is 0 Å². The lowest BCUT2D eigenvalue weighted by Crippen LogP contribution is -2.42. The summed E-state index contributed by atoms with van der Waals surface area (Å²) in [5.74, 6) is -0.634. The molecule has 0 aliphatic rings. The van der Waals surface area contributed by atoms with E-state index in [4.69, 9.17) is 10.5 Å². The van der Waals surface area contributed by atoms with Crippen LogP contribution in [-0.2, 0) is 19.4 Å². The van der Waals surface area contributed by atoms with Crippen LogP contribution < -0.4 is 11.1 Å². The normalized spacial score (nSPS) is 15.1. The number of carbonyl (C=O) groups excluding carboxylic acids is 1. The van der Waals surface area contributed by atoms with Gasteiger partial charge < -0.3 is 15.8 Å². The minimum absolute atomic E-state index is 0.157. The summed E-state index contributed by atoms with van der Waals surface area (Å²) in [5, 5.41) is 1.52. The molecule has 0 saturated carbocycles. The van der Waals surface area contributed by atoms with Gasteiger partial charge in [0.15, 0.2) is 9.84 Å². The molecule has 0 aliphatic carbocycles. The van der Waals surface area contributed by atoms with Crippen molar-refractivity contribution in [1.29, 1.82) is 0 Å². The van der Waals surface area contributed by atoms with Gasteiger partial charge in [-0.1, -0.05) is 6.92 Å². The van der Waals surface area contributed by atoms with Crippen LogP contribution in [0.4, 0.5) is 0 Å². The number of carbonyl (C=O) groups is 1. The van der Waals surface area contributed by atoms with Crippen LogP contribution in [0, 0.1) is 0 Å². The van der Waals surface area contributed by atoms with Gasteiger partial charge >= 0.3 is 0 Å². The maximum absolute atomic E-state index is 11.9. The molecule has 7 heteroatoms. The first-order chi connectivity index (χ1) is 8.35. The summed E-state index contributed by atoms with van der Waals surface area (Å²) < 4.78 is 28.6. The molecule has 0 heterocycles. The van der Waals surface area contributed by atoms with Crippen LogP contribution in [0.2, 0.25) is 0 Å². The van der Waals surface area contributed by atoms with E-state index >= 15 is 0 Å². The Balaban J connectivity index is 4.26. The lowest BCUT2D eigenvalue weighted by molar-refractivity contribution is -0.120. The highest BCUT2D eigenvalue weighted by atomic mass is 32.2. The van der Waals surface area contributed by atoms with E-state index in [1.54, 1.807) is 7.11 Å². The molecular weight excluding hydrogens is 256 g/mol. The molecule has 2 unspecified atom stereocenters. The number of amides is 1. The molecule has 0 rings (SSSR count). The summed E-state index contributed by atoms with van der Waals surface area (Å²) in [6, 6.07) is -0.418. The molecule has 2 atom stereocenters. The van der Waals surface area contributed by atoms with E-state index in [0.717, 1.165) is 0 Å². The Labute approximate surface area is 109 Å². The maximum atomic E-state index is 11.9. The van der Waals surface area contributed by atoms with Crippen LogP contribution in [-0.4, -0.2) is 51.6 Å². The van der Waals surface area contributed by atoms with Crippen LogP contribution in [0.15, 0.2) is 0 Å². The quantitative estimate of drug-likeness (QED) is 0.564. The number of methoxy groups -OCH3 is 1. The second-order valence-corrected chi connectivity index (χ2v) is 6.64. The molecule has 0 radical (unpaired) electrons. The Morgan fingerprint density at radius 2 is 2.06 bits per heavy atom. The van der Waals surface area contributed by atoms with Gasteiger partial charge in [0.2, 0.25) is 5.91 Å². The summed E-state index contributed by atoms with van der Waals surface area (Å²) in [4.78, 5) is 11.7. The van der Waals surface area contributed by atoms with E-state index < -0.39 is 27.0 Å². The van der Waals surface area contributed by atoms with Crippen molar-refractivity contribution in [2.45, 2.75) is 38.0 Å². The van der Waals surface area contributed by atoms with Gasteiger partial charge in [-0.05, 0) is 19.8 Å². The Kier molecular flexibility index (Phi) is 8.13. The first-order valence-electron chi connectivity index (χ1n) is 6.09. The highest BCUT2D eigenvalue weighted by molar-refractivity contribution is 7.92. The zero-order valence-electron chi connectivity index (χ0n) is 11.3. The molecule has 1 amide bonds. The van der Waals surface area contributed by atoms with Crippen molar-refractivity contribution in [2.24, 2.45) is 5.73 Å². The lowest BCUT2D eigenvalue weighted by atomic mass is 10.3. The van der Waals surface area contributed by atoms with Crippen molar-refractivity contribution in [1.82, 2.24) is 5.32 Å². The van der Waals surface area contributed by atoms with Gasteiger partial charge in [0.1, 0.15) is 5.25 Å². The zero-order valence-corrected chi connectivity index (χ0v) is 12.1. The third kappa shape index (κ3) is 6.32. The standard InChI is InChI=1S/C11H24N2O4S/c1-4-10(12)8-18(15,16)9(2)11(14)13-6-5-7-17-3/h9-10H,4-8,12H2,1-3H3,(H,13,14). The summed E-state index contributed by atoms with van der Waals surface area (Å²) in [7, 11) is -1.91. The first-order valence-corrected chi connectivity index (χ1v) is 7.80. The molecule has 0 aromatic heterocycles. The van der Waals surface area contributed by atoms with Gasteiger partial charge in [0.25, 0.3) is 0 Å². The number of rotatable bonds is 9. The second-order valence-electron chi connectivity index (χ2n) is 4.28. The van der Waals surface area contributed by atoms with E-state index in [9.17, 15) is 13.2 Å². The summed E-state index contributed by atoms with van der Waals surface area (Å²) in [6.45, 7) is 4.15. The number of nitrogens with two attached hydrogens (primary N) is 1. The molecule has 0 aromatic rings. The van der Waals surface area contributed by atoms with Gasteiger partial charge in [-0.25, -0.2) is 8.42 Å². The van der Waals surface area contributed by atoms with E-state index in [1.165, 1.54) is 6.92 Å². The van der Waals surface area contributed by atoms with Gasteiger partial charge in [-0.15, -0.1) is 0 Å². The van der Waals surface area contributed by atoms with Gasteiger partial charge in [0, 0.05) is 26.3 Å². The molecule has 0 aliphatic heterocycles. The zero-order chi connectivity index (χ0) is 14.2. The summed E-state index contributed by atoms with van der Waals surface area (Å²) >= 11 is 0. The predicted molar refractivity (Wildman–Crippen MR) is 71.0 cm³/mol. The van der Waals surface area contributed by atoms with Crippen LogP contribution in [0.3, 0.4) is 0 Å². The number of nitrogens with one attached hydrogen (secondary N) is 1. The van der Waals surface area contributed by atoms with E-state index in [2.05, 4.69) is 5.32 Å². The topological polar surface area (TPSA) is 98.5 Å². The maximum Gasteiger partial charge on any atom is 0.238 e. The highest BCUT2D eigenvalue weighted by Crippen LogP contribution is 2.05. The van der Waals surface area contributed by atoms with Crippen molar-refractivity contribution in [3.8, 4) is 0 Å². The molecule has 0 spiro atoms.